The molecule has 0 saturated heterocycles. The monoisotopic (exact) mass is 397 g/mol. The van der Waals surface area contributed by atoms with Gasteiger partial charge < -0.3 is 10.6 Å². The van der Waals surface area contributed by atoms with Gasteiger partial charge in [-0.2, -0.15) is 0 Å². The number of para-hydroxylation sites is 1. The van der Waals surface area contributed by atoms with Crippen LogP contribution in [0.4, 0.5) is 5.69 Å². The molecule has 2 N–H and O–H groups in total. The molecule has 3 rings (SSSR count). The van der Waals surface area contributed by atoms with Crippen molar-refractivity contribution in [3.05, 3.63) is 70.8 Å². The van der Waals surface area contributed by atoms with E-state index in [9.17, 15) is 9.59 Å². The van der Waals surface area contributed by atoms with Gasteiger partial charge in [0.1, 0.15) is 0 Å². The van der Waals surface area contributed by atoms with Crippen molar-refractivity contribution in [2.45, 2.75) is 6.42 Å². The van der Waals surface area contributed by atoms with Gasteiger partial charge in [0.2, 0.25) is 11.8 Å². The van der Waals surface area contributed by atoms with E-state index < -0.39 is 0 Å². The van der Waals surface area contributed by atoms with Crippen molar-refractivity contribution in [3.8, 4) is 0 Å². The summed E-state index contributed by atoms with van der Waals surface area (Å²) in [5.74, 6) is -0.495. The Morgan fingerprint density at radius 1 is 1.00 bits per heavy atom. The van der Waals surface area contributed by atoms with Gasteiger partial charge in [0, 0.05) is 16.1 Å². The summed E-state index contributed by atoms with van der Waals surface area (Å²) in [5, 5.41) is 6.37. The van der Waals surface area contributed by atoms with Crippen LogP contribution in [0, 0.1) is 0 Å². The summed E-state index contributed by atoms with van der Waals surface area (Å²) < 4.78 is 0.916. The number of pyridine rings is 1. The fourth-order valence-corrected chi connectivity index (χ4v) is 2.92. The number of carbonyl (C=O) groups is 2. The molecule has 0 fully saturated rings. The van der Waals surface area contributed by atoms with Gasteiger partial charge in [0.15, 0.2) is 0 Å². The van der Waals surface area contributed by atoms with Crippen LogP contribution in [0.3, 0.4) is 0 Å². The number of rotatable bonds is 5. The minimum absolute atomic E-state index is 0.0872. The molecule has 2 amide bonds. The van der Waals surface area contributed by atoms with Crippen molar-refractivity contribution in [1.82, 2.24) is 10.3 Å². The number of nitrogens with one attached hydrogen (secondary N) is 2. The smallest absolute Gasteiger partial charge is 0.243 e. The Balaban J connectivity index is 1.56. The zero-order valence-corrected chi connectivity index (χ0v) is 14.9. The van der Waals surface area contributed by atoms with E-state index in [1.54, 1.807) is 12.3 Å². The van der Waals surface area contributed by atoms with Gasteiger partial charge in [-0.15, -0.1) is 0 Å². The van der Waals surface area contributed by atoms with Crippen LogP contribution in [0.2, 0.25) is 0 Å². The molecule has 0 spiro atoms. The molecule has 0 radical (unpaired) electrons. The van der Waals surface area contributed by atoms with Crippen LogP contribution >= 0.6 is 15.9 Å². The van der Waals surface area contributed by atoms with E-state index in [-0.39, 0.29) is 24.8 Å². The van der Waals surface area contributed by atoms with E-state index in [0.717, 1.165) is 20.9 Å². The third kappa shape index (κ3) is 4.64. The molecule has 3 aromatic rings. The van der Waals surface area contributed by atoms with Gasteiger partial charge in [0.25, 0.3) is 0 Å². The topological polar surface area (TPSA) is 71.1 Å². The van der Waals surface area contributed by atoms with Crippen molar-refractivity contribution >= 4 is 44.3 Å². The molecule has 0 aliphatic heterocycles. The number of hydrogen-bond acceptors (Lipinski definition) is 3. The van der Waals surface area contributed by atoms with Gasteiger partial charge >= 0.3 is 0 Å². The zero-order chi connectivity index (χ0) is 17.6. The highest BCUT2D eigenvalue weighted by molar-refractivity contribution is 9.10. The fraction of sp³-hybridized carbons (Fsp3) is 0.105. The van der Waals surface area contributed by atoms with Gasteiger partial charge in [-0.3, -0.25) is 14.6 Å². The molecule has 0 aliphatic carbocycles. The van der Waals surface area contributed by atoms with Gasteiger partial charge in [-0.25, -0.2) is 0 Å². The maximum Gasteiger partial charge on any atom is 0.243 e. The summed E-state index contributed by atoms with van der Waals surface area (Å²) in [4.78, 5) is 28.4. The third-order valence-corrected chi connectivity index (χ3v) is 4.10. The lowest BCUT2D eigenvalue weighted by Gasteiger charge is -2.09. The summed E-state index contributed by atoms with van der Waals surface area (Å²) in [6.07, 6.45) is 1.90. The van der Waals surface area contributed by atoms with Crippen LogP contribution in [0.1, 0.15) is 5.56 Å². The quantitative estimate of drug-likeness (QED) is 0.693. The average Bonchev–Trinajstić information content (AvgIpc) is 2.60. The Morgan fingerprint density at radius 3 is 2.64 bits per heavy atom. The molecule has 126 valence electrons. The molecule has 0 bridgehead atoms. The fourth-order valence-electron chi connectivity index (χ4n) is 2.47. The van der Waals surface area contributed by atoms with Crippen LogP contribution in [-0.2, 0) is 16.0 Å². The van der Waals surface area contributed by atoms with Crippen molar-refractivity contribution in [2.75, 3.05) is 11.9 Å². The largest absolute Gasteiger partial charge is 0.347 e. The molecule has 0 unspecified atom stereocenters. The molecule has 6 heteroatoms. The lowest BCUT2D eigenvalue weighted by atomic mass is 10.1. The van der Waals surface area contributed by atoms with Crippen LogP contribution < -0.4 is 10.6 Å². The Labute approximate surface area is 153 Å². The maximum atomic E-state index is 12.1. The second kappa shape index (κ2) is 7.90. The number of aromatic nitrogens is 1. The third-order valence-electron chi connectivity index (χ3n) is 3.61. The lowest BCUT2D eigenvalue weighted by molar-refractivity contribution is -0.123. The van der Waals surface area contributed by atoms with E-state index in [1.807, 2.05) is 48.5 Å². The first-order valence-corrected chi connectivity index (χ1v) is 8.56. The first kappa shape index (κ1) is 17.1. The molecule has 0 aliphatic rings. The van der Waals surface area contributed by atoms with E-state index in [2.05, 4.69) is 31.5 Å². The molecule has 0 saturated carbocycles. The van der Waals surface area contributed by atoms with Gasteiger partial charge in [0.05, 0.1) is 24.2 Å². The maximum absolute atomic E-state index is 12.1. The number of halogens is 1. The molecular weight excluding hydrogens is 382 g/mol. The Morgan fingerprint density at radius 2 is 1.80 bits per heavy atom. The molecule has 25 heavy (non-hydrogen) atoms. The van der Waals surface area contributed by atoms with E-state index in [1.165, 1.54) is 0 Å². The minimum atomic E-state index is -0.291. The van der Waals surface area contributed by atoms with Crippen LogP contribution in [0.15, 0.2) is 65.3 Å². The molecule has 1 aromatic heterocycles. The number of benzene rings is 2. The summed E-state index contributed by atoms with van der Waals surface area (Å²) in [7, 11) is 0. The van der Waals surface area contributed by atoms with Crippen LogP contribution in [-0.4, -0.2) is 23.3 Å². The Kier molecular flexibility index (Phi) is 5.40. The highest BCUT2D eigenvalue weighted by atomic mass is 79.9. The molecule has 5 nitrogen and oxygen atoms in total. The van der Waals surface area contributed by atoms with Crippen molar-refractivity contribution < 1.29 is 9.59 Å². The first-order valence-electron chi connectivity index (χ1n) is 7.76. The summed E-state index contributed by atoms with van der Waals surface area (Å²) in [6.45, 7) is -0.0872. The molecule has 1 heterocycles. The second-order valence-corrected chi connectivity index (χ2v) is 6.43. The highest BCUT2D eigenvalue weighted by Crippen LogP contribution is 2.20. The first-order chi connectivity index (χ1) is 12.1. The number of nitrogens with zero attached hydrogens (tertiary/aromatic N) is 1. The number of hydrogen-bond donors (Lipinski definition) is 2. The van der Waals surface area contributed by atoms with E-state index in [4.69, 9.17) is 0 Å². The predicted molar refractivity (Wildman–Crippen MR) is 101 cm³/mol. The Bertz CT molecular complexity index is 922. The summed E-state index contributed by atoms with van der Waals surface area (Å²) in [6, 6.07) is 16.8. The SMILES string of the molecule is O=C(Cc1cccc(Br)c1)NCC(=O)Nc1cccc2cccnc12. The van der Waals surface area contributed by atoms with Crippen molar-refractivity contribution in [1.29, 1.82) is 0 Å². The second-order valence-electron chi connectivity index (χ2n) is 5.51. The van der Waals surface area contributed by atoms with E-state index >= 15 is 0 Å². The number of fused-ring (bicyclic) bond motifs is 1. The molecule has 2 aromatic carbocycles. The number of amides is 2. The van der Waals surface area contributed by atoms with Crippen molar-refractivity contribution in [3.63, 3.8) is 0 Å². The standard InChI is InChI=1S/C19H16BrN3O2/c20-15-7-1-4-13(10-15)11-17(24)22-12-18(25)23-16-8-2-5-14-6-3-9-21-19(14)16/h1-10H,11-12H2,(H,22,24)(H,23,25). The normalized spacial score (nSPS) is 10.4. The average molecular weight is 398 g/mol. The predicted octanol–water partition coefficient (Wildman–Crippen LogP) is 3.29. The van der Waals surface area contributed by atoms with E-state index in [0.29, 0.717) is 5.69 Å². The van der Waals surface area contributed by atoms with Gasteiger partial charge in [-0.05, 0) is 29.8 Å². The lowest BCUT2D eigenvalue weighted by Crippen LogP contribution is -2.33. The molecule has 0 atom stereocenters. The number of carbonyl (C=O) groups excluding carboxylic acids is 2. The summed E-state index contributed by atoms with van der Waals surface area (Å²) in [5.41, 5.74) is 2.23. The summed E-state index contributed by atoms with van der Waals surface area (Å²) >= 11 is 3.37. The minimum Gasteiger partial charge on any atom is -0.347 e. The zero-order valence-electron chi connectivity index (χ0n) is 13.3. The highest BCUT2D eigenvalue weighted by Gasteiger charge is 2.09. The molecular formula is C19H16BrN3O2. The van der Waals surface area contributed by atoms with Gasteiger partial charge in [-0.1, -0.05) is 46.3 Å². The Hall–Kier alpha value is -2.73. The van der Waals surface area contributed by atoms with Crippen LogP contribution in [0.5, 0.6) is 0 Å². The number of anilines is 1. The van der Waals surface area contributed by atoms with Crippen LogP contribution in [0.25, 0.3) is 10.9 Å². The van der Waals surface area contributed by atoms with Crippen molar-refractivity contribution in [2.24, 2.45) is 0 Å².